The first-order valence-corrected chi connectivity index (χ1v) is 15.6. The number of phenols is 1. The Hall–Kier alpha value is -3.36. The van der Waals surface area contributed by atoms with Crippen molar-refractivity contribution in [2.75, 3.05) is 20.8 Å². The van der Waals surface area contributed by atoms with Crippen LogP contribution < -0.4 is 10.1 Å². The Morgan fingerprint density at radius 3 is 2.40 bits per heavy atom. The van der Waals surface area contributed by atoms with Crippen molar-refractivity contribution >= 4 is 11.9 Å². The maximum atomic E-state index is 12.4. The fourth-order valence-electron chi connectivity index (χ4n) is 5.74. The number of amides is 1. The number of phenolic OH excluding ortho intramolecular Hbond substituents is 1. The summed E-state index contributed by atoms with van der Waals surface area (Å²) in [6, 6.07) is 15.5. The average Bonchev–Trinajstić information content (AvgIpc) is 3.19. The van der Waals surface area contributed by atoms with Gasteiger partial charge in [-0.1, -0.05) is 62.4 Å². The predicted octanol–water partition coefficient (Wildman–Crippen LogP) is 5.72. The van der Waals surface area contributed by atoms with E-state index in [9.17, 15) is 19.8 Å². The number of fused-ring (bicyclic) bond motifs is 2. The molecule has 3 N–H and O–H groups in total. The van der Waals surface area contributed by atoms with Crippen LogP contribution >= 0.6 is 0 Å². The van der Waals surface area contributed by atoms with Crippen molar-refractivity contribution in [1.82, 2.24) is 10.2 Å². The molecule has 0 spiro atoms. The number of allylic oxidation sites excluding steroid dienone is 2. The van der Waals surface area contributed by atoms with Crippen molar-refractivity contribution in [2.24, 2.45) is 5.92 Å². The predicted molar refractivity (Wildman–Crippen MR) is 169 cm³/mol. The molecule has 8 heteroatoms. The number of carbonyl (C=O) groups is 2. The number of carbonyl (C=O) groups excluding carboxylic acids is 2. The molecule has 2 bridgehead atoms. The highest BCUT2D eigenvalue weighted by Crippen LogP contribution is 2.36. The van der Waals surface area contributed by atoms with Gasteiger partial charge in [-0.25, -0.2) is 0 Å². The van der Waals surface area contributed by atoms with Crippen molar-refractivity contribution in [3.63, 3.8) is 0 Å². The second kappa shape index (κ2) is 17.7. The Bertz CT molecular complexity index is 1150. The second-order valence-electron chi connectivity index (χ2n) is 11.9. The second-order valence-corrected chi connectivity index (χ2v) is 11.9. The molecule has 0 aliphatic carbocycles. The minimum Gasteiger partial charge on any atom is -0.504 e. The molecule has 2 aliphatic rings. The molecule has 4 atom stereocenters. The number of rotatable bonds is 13. The monoisotopic (exact) mass is 594 g/mol. The first kappa shape index (κ1) is 34.1. The van der Waals surface area contributed by atoms with Crippen LogP contribution in [0.4, 0.5) is 0 Å². The molecular weight excluding hydrogens is 544 g/mol. The number of nitrogens with zero attached hydrogens (tertiary/aromatic N) is 1. The van der Waals surface area contributed by atoms with Gasteiger partial charge < -0.3 is 29.9 Å². The maximum Gasteiger partial charge on any atom is 0.316 e. The lowest BCUT2D eigenvalue weighted by Crippen LogP contribution is -2.43. The molecule has 0 saturated carbocycles. The molecule has 1 amide bonds. The van der Waals surface area contributed by atoms with Crippen molar-refractivity contribution in [1.29, 1.82) is 0 Å². The Kier molecular flexibility index (Phi) is 14.0. The molecule has 2 aromatic carbocycles. The van der Waals surface area contributed by atoms with Crippen molar-refractivity contribution in [3.8, 4) is 11.5 Å². The van der Waals surface area contributed by atoms with Gasteiger partial charge in [0.1, 0.15) is 12.0 Å². The van der Waals surface area contributed by atoms with Crippen molar-refractivity contribution < 1.29 is 29.3 Å². The number of benzene rings is 2. The highest BCUT2D eigenvalue weighted by molar-refractivity contribution is 5.78. The van der Waals surface area contributed by atoms with Gasteiger partial charge in [-0.3, -0.25) is 9.59 Å². The lowest BCUT2D eigenvalue weighted by molar-refractivity contribution is -0.155. The zero-order chi connectivity index (χ0) is 31.2. The van der Waals surface area contributed by atoms with E-state index >= 15 is 0 Å². The lowest BCUT2D eigenvalue weighted by Gasteiger charge is -2.36. The van der Waals surface area contributed by atoms with E-state index in [1.54, 1.807) is 18.2 Å². The minimum atomic E-state index is -0.566. The molecule has 2 aromatic rings. The molecule has 4 rings (SSSR count). The van der Waals surface area contributed by atoms with Crippen molar-refractivity contribution in [3.05, 3.63) is 71.8 Å². The molecule has 43 heavy (non-hydrogen) atoms. The number of ether oxygens (including phenoxy) is 2. The Morgan fingerprint density at radius 2 is 1.77 bits per heavy atom. The van der Waals surface area contributed by atoms with Crippen LogP contribution in [0.15, 0.2) is 60.7 Å². The summed E-state index contributed by atoms with van der Waals surface area (Å²) in [5.74, 6) is 0.308. The third kappa shape index (κ3) is 11.0. The smallest absolute Gasteiger partial charge is 0.316 e. The molecule has 1 unspecified atom stereocenters. The van der Waals surface area contributed by atoms with Gasteiger partial charge in [-0.05, 0) is 81.2 Å². The van der Waals surface area contributed by atoms with Gasteiger partial charge in [0.05, 0.1) is 13.7 Å². The first-order valence-electron chi connectivity index (χ1n) is 15.6. The number of methoxy groups -OCH3 is 1. The van der Waals surface area contributed by atoms with Crippen LogP contribution in [0.1, 0.15) is 82.3 Å². The molecule has 2 saturated heterocycles. The fourth-order valence-corrected chi connectivity index (χ4v) is 5.74. The number of esters is 1. The number of aliphatic hydroxyl groups excluding tert-OH is 1. The normalized spacial score (nSPS) is 20.4. The summed E-state index contributed by atoms with van der Waals surface area (Å²) < 4.78 is 10.7. The van der Waals surface area contributed by atoms with Gasteiger partial charge >= 0.3 is 5.97 Å². The molecule has 0 aromatic heterocycles. The van der Waals surface area contributed by atoms with E-state index in [1.165, 1.54) is 20.0 Å². The van der Waals surface area contributed by atoms with Crippen LogP contribution in [-0.2, 0) is 20.9 Å². The molecule has 2 fully saturated rings. The number of nitrogens with one attached hydrogen (secondary N) is 1. The van der Waals surface area contributed by atoms with Gasteiger partial charge in [0, 0.05) is 25.0 Å². The number of aliphatic hydroxyl groups is 1. The number of piperidine rings is 1. The van der Waals surface area contributed by atoms with Gasteiger partial charge in [-0.2, -0.15) is 0 Å². The number of aromatic hydroxyl groups is 1. The van der Waals surface area contributed by atoms with E-state index < -0.39 is 5.92 Å². The third-order valence-electron chi connectivity index (χ3n) is 8.29. The van der Waals surface area contributed by atoms with E-state index in [0.717, 1.165) is 43.2 Å². The molecule has 236 valence electrons. The highest BCUT2D eigenvalue weighted by Gasteiger charge is 2.40. The summed E-state index contributed by atoms with van der Waals surface area (Å²) in [5, 5.41) is 21.9. The van der Waals surface area contributed by atoms with Crippen LogP contribution in [0.5, 0.6) is 11.5 Å². The van der Waals surface area contributed by atoms with E-state index in [-0.39, 0.29) is 30.3 Å². The molecular formula is C35H50N2O6. The number of hydrogen-bond donors (Lipinski definition) is 3. The zero-order valence-corrected chi connectivity index (χ0v) is 26.2. The highest BCUT2D eigenvalue weighted by atomic mass is 16.5. The Morgan fingerprint density at radius 1 is 1.07 bits per heavy atom. The van der Waals surface area contributed by atoms with E-state index in [4.69, 9.17) is 9.47 Å². The largest absolute Gasteiger partial charge is 0.504 e. The van der Waals surface area contributed by atoms with Gasteiger partial charge in [0.25, 0.3) is 0 Å². The quantitative estimate of drug-likeness (QED) is 0.155. The molecule has 8 nitrogen and oxygen atoms in total. The van der Waals surface area contributed by atoms with Crippen LogP contribution in [0.2, 0.25) is 0 Å². The first-order chi connectivity index (χ1) is 20.7. The lowest BCUT2D eigenvalue weighted by atomic mass is 9.98. The molecule has 0 radical (unpaired) electrons. The zero-order valence-electron chi connectivity index (χ0n) is 26.2. The van der Waals surface area contributed by atoms with Crippen molar-refractivity contribution in [2.45, 2.75) is 95.9 Å². The number of hydrogen-bond acceptors (Lipinski definition) is 7. The van der Waals surface area contributed by atoms with Crippen LogP contribution in [0.3, 0.4) is 0 Å². The fraction of sp³-hybridized carbons (Fsp3) is 0.543. The van der Waals surface area contributed by atoms with Gasteiger partial charge in [-0.15, -0.1) is 0 Å². The average molecular weight is 595 g/mol. The summed E-state index contributed by atoms with van der Waals surface area (Å²) in [4.78, 5) is 26.6. The summed E-state index contributed by atoms with van der Waals surface area (Å²) in [6.45, 7) is 4.55. The Balaban J connectivity index is 0.000000235. The van der Waals surface area contributed by atoms with Gasteiger partial charge in [0.15, 0.2) is 11.5 Å². The maximum absolute atomic E-state index is 12.4. The molecule has 2 heterocycles. The van der Waals surface area contributed by atoms with Crippen LogP contribution in [-0.4, -0.2) is 65.9 Å². The van der Waals surface area contributed by atoms with Gasteiger partial charge in [0.2, 0.25) is 5.91 Å². The topological polar surface area (TPSA) is 108 Å². The Labute approximate surface area is 257 Å². The number of unbranched alkanes of at least 4 members (excludes halogenated alkanes) is 2. The molecule has 2 aliphatic heterocycles. The summed E-state index contributed by atoms with van der Waals surface area (Å²) in [5.41, 5.74) is 1.73. The van der Waals surface area contributed by atoms with E-state index in [1.807, 2.05) is 30.3 Å². The summed E-state index contributed by atoms with van der Waals surface area (Å²) in [7, 11) is 3.67. The summed E-state index contributed by atoms with van der Waals surface area (Å²) in [6.07, 6.45) is 12.1. The minimum absolute atomic E-state index is 0.00367. The van der Waals surface area contributed by atoms with E-state index in [0.29, 0.717) is 36.7 Å². The van der Waals surface area contributed by atoms with Crippen LogP contribution in [0, 0.1) is 5.92 Å². The third-order valence-corrected chi connectivity index (χ3v) is 8.29. The SMILES string of the molecule is CN1[C@@H]2CC[C@H]1C[C@@H](OC(=O)C(CO)c1ccccc1)C2.COc1cc(CNC(=O)CCCC/C=C/C(C)C)ccc1O. The standard InChI is InChI=1S/C18H27NO3.C17H23NO3/c1-14(2)8-6-4-5-7-9-18(21)19-13-15-10-11-16(20)17(12-15)22-3;1-18-13-7-8-14(18)10-15(9-13)21-17(20)16(11-19)12-5-3-2-4-6-12/h6,8,10-12,14,20H,4-5,7,9,13H2,1-3H3,(H,19,21);2-6,13-16,19H,7-11H2,1H3/b8-6+;/t;13-,14+,15+,16?. The van der Waals surface area contributed by atoms with E-state index in [2.05, 4.69) is 43.3 Å². The summed E-state index contributed by atoms with van der Waals surface area (Å²) >= 11 is 0. The van der Waals surface area contributed by atoms with Crippen LogP contribution in [0.25, 0.3) is 0 Å².